The molecule has 1 aromatic rings. The molecular formula is C12H13N3O2S. The van der Waals surface area contributed by atoms with E-state index in [1.165, 1.54) is 0 Å². The van der Waals surface area contributed by atoms with Crippen LogP contribution in [0.3, 0.4) is 0 Å². The van der Waals surface area contributed by atoms with Gasteiger partial charge in [-0.3, -0.25) is 14.9 Å². The lowest BCUT2D eigenvalue weighted by molar-refractivity contribution is -0.115. The van der Waals surface area contributed by atoms with E-state index in [1.807, 2.05) is 13.0 Å². The molecule has 0 radical (unpaired) electrons. The number of anilines is 2. The monoisotopic (exact) mass is 263 g/mol. The van der Waals surface area contributed by atoms with Gasteiger partial charge < -0.3 is 11.1 Å². The quantitative estimate of drug-likeness (QED) is 0.574. The van der Waals surface area contributed by atoms with Crippen molar-refractivity contribution in [2.24, 2.45) is 0 Å². The van der Waals surface area contributed by atoms with Crippen molar-refractivity contribution in [1.29, 1.82) is 0 Å². The number of amides is 2. The second-order valence-corrected chi connectivity index (χ2v) is 4.74. The fourth-order valence-corrected chi connectivity index (χ4v) is 2.26. The van der Waals surface area contributed by atoms with E-state index in [9.17, 15) is 9.59 Å². The normalized spacial score (nSPS) is 17.1. The molecule has 2 rings (SSSR count). The maximum atomic E-state index is 11.4. The molecule has 1 saturated heterocycles. The van der Waals surface area contributed by atoms with Crippen molar-refractivity contribution in [3.8, 4) is 0 Å². The first-order valence-corrected chi connectivity index (χ1v) is 6.30. The minimum atomic E-state index is -0.355. The molecule has 1 aliphatic rings. The first-order valence-electron chi connectivity index (χ1n) is 5.48. The van der Waals surface area contributed by atoms with Crippen LogP contribution in [0.4, 0.5) is 16.2 Å². The first-order chi connectivity index (χ1) is 8.60. The van der Waals surface area contributed by atoms with Gasteiger partial charge in [0.25, 0.3) is 11.1 Å². The van der Waals surface area contributed by atoms with Crippen LogP contribution in [-0.4, -0.2) is 17.7 Å². The molecule has 0 aromatic heterocycles. The lowest BCUT2D eigenvalue weighted by Crippen LogP contribution is -2.17. The highest BCUT2D eigenvalue weighted by Gasteiger charge is 2.24. The van der Waals surface area contributed by atoms with Crippen LogP contribution in [0.25, 0.3) is 6.08 Å². The molecule has 2 amide bonds. The number of carbonyl (C=O) groups is 2. The number of imide groups is 1. The van der Waals surface area contributed by atoms with Crippen molar-refractivity contribution in [2.75, 3.05) is 17.6 Å². The third kappa shape index (κ3) is 2.65. The maximum absolute atomic E-state index is 11.4. The molecule has 94 valence electrons. The van der Waals surface area contributed by atoms with Gasteiger partial charge in [-0.25, -0.2) is 0 Å². The second-order valence-electron chi connectivity index (χ2n) is 3.73. The van der Waals surface area contributed by atoms with Crippen LogP contribution in [0.15, 0.2) is 23.1 Å². The van der Waals surface area contributed by atoms with E-state index in [2.05, 4.69) is 10.6 Å². The van der Waals surface area contributed by atoms with Crippen molar-refractivity contribution in [1.82, 2.24) is 5.32 Å². The molecule has 1 fully saturated rings. The highest BCUT2D eigenvalue weighted by molar-refractivity contribution is 8.18. The van der Waals surface area contributed by atoms with E-state index in [0.29, 0.717) is 10.6 Å². The van der Waals surface area contributed by atoms with Gasteiger partial charge in [-0.2, -0.15) is 0 Å². The summed E-state index contributed by atoms with van der Waals surface area (Å²) >= 11 is 0.902. The summed E-state index contributed by atoms with van der Waals surface area (Å²) in [6, 6.07) is 5.42. The minimum Gasteiger partial charge on any atom is -0.397 e. The summed E-state index contributed by atoms with van der Waals surface area (Å²) < 4.78 is 0. The lowest BCUT2D eigenvalue weighted by Gasteiger charge is -2.08. The summed E-state index contributed by atoms with van der Waals surface area (Å²) in [5, 5.41) is 5.01. The van der Waals surface area contributed by atoms with Crippen molar-refractivity contribution in [3.05, 3.63) is 28.7 Å². The number of nitrogens with one attached hydrogen (secondary N) is 2. The standard InChI is InChI=1S/C12H13N3O2S/c1-2-14-9-5-7(3-4-8(9)13)6-10-11(16)15-12(17)18-10/h3-6,14H,2,13H2,1H3,(H,15,16,17)/b10-6-. The van der Waals surface area contributed by atoms with Gasteiger partial charge in [-0.15, -0.1) is 0 Å². The number of carbonyl (C=O) groups excluding carboxylic acids is 2. The number of nitrogens with two attached hydrogens (primary N) is 1. The van der Waals surface area contributed by atoms with Crippen LogP contribution in [-0.2, 0) is 4.79 Å². The molecule has 0 aliphatic carbocycles. The van der Waals surface area contributed by atoms with Gasteiger partial charge >= 0.3 is 0 Å². The zero-order chi connectivity index (χ0) is 13.1. The molecule has 0 bridgehead atoms. The molecule has 5 nitrogen and oxygen atoms in total. The average molecular weight is 263 g/mol. The Bertz CT molecular complexity index is 540. The van der Waals surface area contributed by atoms with Crippen molar-refractivity contribution in [3.63, 3.8) is 0 Å². The van der Waals surface area contributed by atoms with E-state index in [1.54, 1.807) is 18.2 Å². The molecule has 1 aromatic carbocycles. The molecule has 1 aliphatic heterocycles. The summed E-state index contributed by atoms with van der Waals surface area (Å²) in [7, 11) is 0. The van der Waals surface area contributed by atoms with Crippen molar-refractivity contribution >= 4 is 40.4 Å². The van der Waals surface area contributed by atoms with Crippen LogP contribution in [0, 0.1) is 0 Å². The number of nitrogen functional groups attached to an aromatic ring is 1. The zero-order valence-electron chi connectivity index (χ0n) is 9.82. The molecule has 4 N–H and O–H groups in total. The SMILES string of the molecule is CCNc1cc(/C=C2\SC(=O)NC2=O)ccc1N. The molecule has 18 heavy (non-hydrogen) atoms. The first kappa shape index (κ1) is 12.5. The Morgan fingerprint density at radius 1 is 1.44 bits per heavy atom. The molecule has 0 unspecified atom stereocenters. The molecule has 0 atom stereocenters. The van der Waals surface area contributed by atoms with Gasteiger partial charge in [0.1, 0.15) is 0 Å². The largest absolute Gasteiger partial charge is 0.397 e. The van der Waals surface area contributed by atoms with Crippen LogP contribution >= 0.6 is 11.8 Å². The summed E-state index contributed by atoms with van der Waals surface area (Å²) in [5.74, 6) is -0.355. The highest BCUT2D eigenvalue weighted by Crippen LogP contribution is 2.27. The Labute approximate surface area is 109 Å². The smallest absolute Gasteiger partial charge is 0.290 e. The predicted molar refractivity (Wildman–Crippen MR) is 74.1 cm³/mol. The van der Waals surface area contributed by atoms with Gasteiger partial charge in [0, 0.05) is 6.54 Å². The number of thioether (sulfide) groups is 1. The van der Waals surface area contributed by atoms with E-state index in [0.717, 1.165) is 29.6 Å². The number of benzene rings is 1. The zero-order valence-corrected chi connectivity index (χ0v) is 10.6. The van der Waals surface area contributed by atoms with E-state index in [-0.39, 0.29) is 11.1 Å². The molecule has 0 spiro atoms. The predicted octanol–water partition coefficient (Wildman–Crippen LogP) is 2.02. The highest BCUT2D eigenvalue weighted by atomic mass is 32.2. The third-order valence-corrected chi connectivity index (χ3v) is 3.19. The summed E-state index contributed by atoms with van der Waals surface area (Å²) in [5.41, 5.74) is 8.11. The Hall–Kier alpha value is -1.95. The van der Waals surface area contributed by atoms with Crippen LogP contribution in [0.1, 0.15) is 12.5 Å². The van der Waals surface area contributed by atoms with Crippen LogP contribution < -0.4 is 16.4 Å². The Kier molecular flexibility index (Phi) is 3.57. The fraction of sp³-hybridized carbons (Fsp3) is 0.167. The minimum absolute atomic E-state index is 0.339. The Morgan fingerprint density at radius 3 is 2.83 bits per heavy atom. The van der Waals surface area contributed by atoms with Gasteiger partial charge in [-0.1, -0.05) is 6.07 Å². The van der Waals surface area contributed by atoms with Gasteiger partial charge in [0.15, 0.2) is 0 Å². The average Bonchev–Trinajstić information content (AvgIpc) is 2.62. The van der Waals surface area contributed by atoms with Crippen LogP contribution in [0.2, 0.25) is 0 Å². The summed E-state index contributed by atoms with van der Waals surface area (Å²) in [4.78, 5) is 22.8. The summed E-state index contributed by atoms with van der Waals surface area (Å²) in [6.45, 7) is 2.74. The third-order valence-electron chi connectivity index (χ3n) is 2.38. The van der Waals surface area contributed by atoms with E-state index in [4.69, 9.17) is 5.73 Å². The van der Waals surface area contributed by atoms with Gasteiger partial charge in [0.2, 0.25) is 0 Å². The van der Waals surface area contributed by atoms with Crippen molar-refractivity contribution in [2.45, 2.75) is 6.92 Å². The second kappa shape index (κ2) is 5.14. The maximum Gasteiger partial charge on any atom is 0.290 e. The van der Waals surface area contributed by atoms with E-state index >= 15 is 0 Å². The summed E-state index contributed by atoms with van der Waals surface area (Å²) in [6.07, 6.45) is 1.67. The molecule has 6 heteroatoms. The molecular weight excluding hydrogens is 250 g/mol. The molecule has 1 heterocycles. The molecule has 0 saturated carbocycles. The van der Waals surface area contributed by atoms with Crippen LogP contribution in [0.5, 0.6) is 0 Å². The number of hydrogen-bond acceptors (Lipinski definition) is 5. The number of hydrogen-bond donors (Lipinski definition) is 3. The Morgan fingerprint density at radius 2 is 2.22 bits per heavy atom. The van der Waals surface area contributed by atoms with Gasteiger partial charge in [-0.05, 0) is 42.5 Å². The topological polar surface area (TPSA) is 84.2 Å². The van der Waals surface area contributed by atoms with Crippen molar-refractivity contribution < 1.29 is 9.59 Å². The lowest BCUT2D eigenvalue weighted by atomic mass is 10.1. The number of rotatable bonds is 3. The fourth-order valence-electron chi connectivity index (χ4n) is 1.58. The van der Waals surface area contributed by atoms with E-state index < -0.39 is 0 Å². The Balaban J connectivity index is 2.29. The van der Waals surface area contributed by atoms with Gasteiger partial charge in [0.05, 0.1) is 16.3 Å².